The molecule has 200 valence electrons. The highest BCUT2D eigenvalue weighted by molar-refractivity contribution is 6.24. The Morgan fingerprint density at radius 2 is 1.76 bits per heavy atom. The monoisotopic (exact) mass is 525 g/mol. The summed E-state index contributed by atoms with van der Waals surface area (Å²) in [5.41, 5.74) is 2.03. The van der Waals surface area contributed by atoms with Crippen molar-refractivity contribution in [1.82, 2.24) is 4.90 Å². The number of phenolic OH excluding ortho intramolecular Hbond substituents is 1. The van der Waals surface area contributed by atoms with Gasteiger partial charge in [0, 0.05) is 37.2 Å². The van der Waals surface area contributed by atoms with E-state index in [1.165, 1.54) is 25.1 Å². The van der Waals surface area contributed by atoms with E-state index in [1.807, 2.05) is 5.92 Å². The quantitative estimate of drug-likeness (QED) is 0.219. The van der Waals surface area contributed by atoms with Gasteiger partial charge in [-0.15, -0.1) is 0 Å². The van der Waals surface area contributed by atoms with E-state index in [0.717, 1.165) is 0 Å². The molecule has 3 aliphatic carbocycles. The second kappa shape index (κ2) is 8.90. The Bertz CT molecular complexity index is 1440. The molecule has 38 heavy (non-hydrogen) atoms. The number of carboxylic acids is 1. The van der Waals surface area contributed by atoms with E-state index in [-0.39, 0.29) is 29.5 Å². The van der Waals surface area contributed by atoms with Gasteiger partial charge in [-0.1, -0.05) is 5.92 Å². The molecule has 0 saturated heterocycles. The number of aliphatic carboxylic acids is 1. The van der Waals surface area contributed by atoms with Crippen LogP contribution < -0.4 is 10.6 Å². The molecule has 1 fully saturated rings. The van der Waals surface area contributed by atoms with E-state index in [4.69, 9.17) is 10.8 Å². The number of carboxylic acid groups (broad SMARTS) is 1. The van der Waals surface area contributed by atoms with Crippen molar-refractivity contribution in [3.63, 3.8) is 0 Å². The lowest BCUT2D eigenvalue weighted by Crippen LogP contribution is -2.65. The molecular weight excluding hydrogens is 498 g/mol. The molecule has 0 aromatic heterocycles. The number of fused-ring (bicyclic) bond motifs is 3. The van der Waals surface area contributed by atoms with Gasteiger partial charge >= 0.3 is 5.97 Å². The Morgan fingerprint density at radius 1 is 1.13 bits per heavy atom. The number of nitrogens with two attached hydrogens (primary N) is 1. The van der Waals surface area contributed by atoms with Crippen LogP contribution in [0, 0.1) is 23.7 Å². The molecule has 0 unspecified atom stereocenters. The molecule has 4 atom stereocenters. The summed E-state index contributed by atoms with van der Waals surface area (Å²) < 4.78 is 0. The minimum atomic E-state index is -2.74. The van der Waals surface area contributed by atoms with Gasteiger partial charge in [0.2, 0.25) is 5.78 Å². The summed E-state index contributed by atoms with van der Waals surface area (Å²) in [6.07, 6.45) is 0.0578. The van der Waals surface area contributed by atoms with Crippen molar-refractivity contribution in [1.29, 1.82) is 0 Å². The Kier molecular flexibility index (Phi) is 6.25. The number of aromatic hydroxyl groups is 1. The zero-order valence-corrected chi connectivity index (χ0v) is 21.1. The molecule has 1 aromatic carbocycles. The van der Waals surface area contributed by atoms with Crippen LogP contribution in [-0.2, 0) is 25.6 Å². The normalized spacial score (nSPS) is 26.3. The lowest BCUT2D eigenvalue weighted by atomic mass is 9.57. The van der Waals surface area contributed by atoms with Crippen molar-refractivity contribution in [3.05, 3.63) is 39.7 Å². The summed E-state index contributed by atoms with van der Waals surface area (Å²) in [7, 11) is 6.43. The maximum Gasteiger partial charge on any atom is 0.382 e. The molecule has 12 heteroatoms. The molecule has 7 N–H and O–H groups in total. The first-order valence-corrected chi connectivity index (χ1v) is 11.6. The number of hydrogen-bond donors (Lipinski definition) is 6. The maximum absolute atomic E-state index is 13.9. The number of ketones is 2. The second-order valence-corrected chi connectivity index (χ2v) is 10.1. The van der Waals surface area contributed by atoms with Gasteiger partial charge in [-0.05, 0) is 44.5 Å². The molecule has 0 heterocycles. The van der Waals surface area contributed by atoms with Gasteiger partial charge < -0.3 is 36.2 Å². The summed E-state index contributed by atoms with van der Waals surface area (Å²) in [6, 6.07) is 0.284. The fourth-order valence-electron chi connectivity index (χ4n) is 5.91. The lowest BCUT2D eigenvalue weighted by molar-refractivity contribution is -0.153. The number of likely N-dealkylation sites (N-methyl/N-ethyl adjacent to an activating group) is 1. The molecule has 1 saturated carbocycles. The standard InChI is InChI=1S/C26H27N3O9/c1-28(2)14-9-10(5-6-15(30)31)20(32)17-12(14)7-11-8-13-19(29(3)4)22(34)18(25(27)37)24(36)26(13,38)23(35)16(11)21(17)33/h9,11,13,19,32-33,36,38H,7-8H2,1-4H3,(H2,27,37)(H,30,31)/t11-,13-,19+,26+/m1/s1. The molecule has 0 radical (unpaired) electrons. The van der Waals surface area contributed by atoms with E-state index < -0.39 is 69.8 Å². The summed E-state index contributed by atoms with van der Waals surface area (Å²) in [4.78, 5) is 53.1. The Hall–Kier alpha value is -4.34. The van der Waals surface area contributed by atoms with Crippen molar-refractivity contribution in [2.75, 3.05) is 33.1 Å². The fraction of sp³-hybridized carbons (Fsp3) is 0.385. The van der Waals surface area contributed by atoms with E-state index >= 15 is 0 Å². The summed E-state index contributed by atoms with van der Waals surface area (Å²) in [6.45, 7) is 0. The third-order valence-corrected chi connectivity index (χ3v) is 7.48. The highest BCUT2D eigenvalue weighted by Gasteiger charge is 2.64. The number of benzene rings is 1. The van der Waals surface area contributed by atoms with Gasteiger partial charge in [0.05, 0.1) is 17.2 Å². The third-order valence-electron chi connectivity index (χ3n) is 7.48. The largest absolute Gasteiger partial charge is 0.508 e. The number of Topliss-reactive ketones (excluding diaryl/α,β-unsaturated/α-hetero) is 2. The van der Waals surface area contributed by atoms with Crippen molar-refractivity contribution >= 4 is 34.9 Å². The summed E-state index contributed by atoms with van der Waals surface area (Å²) >= 11 is 0. The van der Waals surface area contributed by atoms with Crippen LogP contribution in [0.2, 0.25) is 0 Å². The van der Waals surface area contributed by atoms with Crippen LogP contribution in [-0.4, -0.2) is 93.7 Å². The number of anilines is 1. The number of phenols is 1. The maximum atomic E-state index is 13.9. The number of carbonyl (C=O) groups excluding carboxylic acids is 3. The van der Waals surface area contributed by atoms with E-state index in [0.29, 0.717) is 11.3 Å². The van der Waals surface area contributed by atoms with Crippen LogP contribution in [0.5, 0.6) is 5.75 Å². The zero-order valence-electron chi connectivity index (χ0n) is 21.1. The summed E-state index contributed by atoms with van der Waals surface area (Å²) in [5.74, 6) is -4.82. The highest BCUT2D eigenvalue weighted by atomic mass is 16.4. The molecule has 0 aliphatic heterocycles. The van der Waals surface area contributed by atoms with Gasteiger partial charge in [-0.3, -0.25) is 19.3 Å². The van der Waals surface area contributed by atoms with Gasteiger partial charge in [0.25, 0.3) is 5.91 Å². The van der Waals surface area contributed by atoms with Crippen LogP contribution >= 0.6 is 0 Å². The minimum Gasteiger partial charge on any atom is -0.508 e. The predicted molar refractivity (Wildman–Crippen MR) is 133 cm³/mol. The van der Waals surface area contributed by atoms with Crippen LogP contribution in [0.4, 0.5) is 5.69 Å². The number of amides is 1. The zero-order chi connectivity index (χ0) is 28.4. The molecule has 0 spiro atoms. The first-order valence-electron chi connectivity index (χ1n) is 11.6. The first kappa shape index (κ1) is 26.7. The molecule has 1 aromatic rings. The smallest absolute Gasteiger partial charge is 0.382 e. The number of carbonyl (C=O) groups is 4. The average Bonchev–Trinajstić information content (AvgIpc) is 2.80. The van der Waals surface area contributed by atoms with Crippen LogP contribution in [0.3, 0.4) is 0 Å². The van der Waals surface area contributed by atoms with Crippen LogP contribution in [0.25, 0.3) is 5.76 Å². The number of nitrogens with zero attached hydrogens (tertiary/aromatic N) is 2. The van der Waals surface area contributed by atoms with Gasteiger partial charge in [0.15, 0.2) is 11.4 Å². The molecule has 4 rings (SSSR count). The van der Waals surface area contributed by atoms with Gasteiger partial charge in [-0.2, -0.15) is 0 Å². The fourth-order valence-corrected chi connectivity index (χ4v) is 5.91. The number of aliphatic hydroxyl groups is 3. The number of rotatable bonds is 3. The second-order valence-electron chi connectivity index (χ2n) is 10.1. The van der Waals surface area contributed by atoms with Crippen molar-refractivity contribution in [2.24, 2.45) is 17.6 Å². The summed E-state index contributed by atoms with van der Waals surface area (Å²) in [5, 5.41) is 53.8. The van der Waals surface area contributed by atoms with Crippen molar-refractivity contribution in [3.8, 4) is 17.6 Å². The van der Waals surface area contributed by atoms with Crippen molar-refractivity contribution in [2.45, 2.75) is 24.5 Å². The molecule has 12 nitrogen and oxygen atoms in total. The van der Waals surface area contributed by atoms with Gasteiger partial charge in [0.1, 0.15) is 22.8 Å². The Labute approximate surface area is 217 Å². The molecule has 0 bridgehead atoms. The minimum absolute atomic E-state index is 0.0417. The number of hydrogen-bond acceptors (Lipinski definition) is 10. The van der Waals surface area contributed by atoms with E-state index in [9.17, 15) is 39.6 Å². The predicted octanol–water partition coefficient (Wildman–Crippen LogP) is -0.534. The Morgan fingerprint density at radius 3 is 2.29 bits per heavy atom. The highest BCUT2D eigenvalue weighted by Crippen LogP contribution is 2.54. The van der Waals surface area contributed by atoms with Crippen LogP contribution in [0.15, 0.2) is 23.0 Å². The van der Waals surface area contributed by atoms with E-state index in [2.05, 4.69) is 5.92 Å². The number of aliphatic hydroxyl groups excluding tert-OH is 2. The average molecular weight is 526 g/mol. The van der Waals surface area contributed by atoms with Crippen LogP contribution in [0.1, 0.15) is 23.1 Å². The lowest BCUT2D eigenvalue weighted by Gasteiger charge is -2.50. The van der Waals surface area contributed by atoms with E-state index in [1.54, 1.807) is 19.0 Å². The third kappa shape index (κ3) is 3.62. The topological polar surface area (TPSA) is 202 Å². The molecule has 3 aliphatic rings. The molecular formula is C26H27N3O9. The van der Waals surface area contributed by atoms with Gasteiger partial charge in [-0.25, -0.2) is 4.79 Å². The number of primary amides is 1. The Balaban J connectivity index is 2.02. The van der Waals surface area contributed by atoms with Crippen molar-refractivity contribution < 1.29 is 44.7 Å². The molecule has 1 amide bonds. The first-order chi connectivity index (χ1) is 17.6. The SMILES string of the molecule is CN(C)c1cc(C#CC(=O)O)c(O)c2c1C[C@@H]1C[C@@H]3[C@H](N(C)C)C(=O)C(C(N)=O)=C(O)[C@@]3(O)C(=O)C1=C2O.